The molecule has 0 N–H and O–H groups in total. The van der Waals surface area contributed by atoms with Gasteiger partial charge >= 0.3 is 0 Å². The van der Waals surface area contributed by atoms with Crippen LogP contribution < -0.4 is 0 Å². The van der Waals surface area contributed by atoms with Gasteiger partial charge in [-0.05, 0) is 22.1 Å². The smallest absolute Gasteiger partial charge is 0.234 e. The van der Waals surface area contributed by atoms with Gasteiger partial charge in [-0.2, -0.15) is 0 Å². The SMILES string of the molecule is CC(C)(C)c1cccc([C]=O)c1-c1ccccc1. The second-order valence-corrected chi connectivity index (χ2v) is 5.45. The molecule has 0 saturated heterocycles. The molecule has 0 heterocycles. The lowest BCUT2D eigenvalue weighted by molar-refractivity contribution is 0.562. The monoisotopic (exact) mass is 237 g/mol. The van der Waals surface area contributed by atoms with Gasteiger partial charge in [0.25, 0.3) is 0 Å². The van der Waals surface area contributed by atoms with Crippen molar-refractivity contribution in [3.05, 3.63) is 59.7 Å². The van der Waals surface area contributed by atoms with Gasteiger partial charge in [-0.25, -0.2) is 0 Å². The van der Waals surface area contributed by atoms with Crippen molar-refractivity contribution in [1.82, 2.24) is 0 Å². The van der Waals surface area contributed by atoms with Crippen LogP contribution in [0.15, 0.2) is 48.5 Å². The molecule has 0 spiro atoms. The highest BCUT2D eigenvalue weighted by atomic mass is 16.1. The summed E-state index contributed by atoms with van der Waals surface area (Å²) in [4.78, 5) is 11.2. The Morgan fingerprint density at radius 1 is 0.889 bits per heavy atom. The fraction of sp³-hybridized carbons (Fsp3) is 0.235. The molecule has 2 aromatic rings. The Bertz CT molecular complexity index is 548. The van der Waals surface area contributed by atoms with Gasteiger partial charge < -0.3 is 0 Å². The first kappa shape index (κ1) is 12.6. The summed E-state index contributed by atoms with van der Waals surface area (Å²) in [6.07, 6.45) is 2.06. The van der Waals surface area contributed by atoms with Crippen LogP contribution in [0.25, 0.3) is 11.1 Å². The highest BCUT2D eigenvalue weighted by molar-refractivity contribution is 5.89. The van der Waals surface area contributed by atoms with Crippen LogP contribution >= 0.6 is 0 Å². The second-order valence-electron chi connectivity index (χ2n) is 5.45. The van der Waals surface area contributed by atoms with Crippen LogP contribution in [0.1, 0.15) is 31.9 Å². The quantitative estimate of drug-likeness (QED) is 0.768. The number of rotatable bonds is 2. The van der Waals surface area contributed by atoms with Crippen molar-refractivity contribution < 1.29 is 4.79 Å². The van der Waals surface area contributed by atoms with Crippen LogP contribution in [0, 0.1) is 0 Å². The van der Waals surface area contributed by atoms with Crippen molar-refractivity contribution >= 4 is 6.29 Å². The number of hydrogen-bond donors (Lipinski definition) is 0. The molecule has 0 unspecified atom stereocenters. The van der Waals surface area contributed by atoms with Crippen molar-refractivity contribution in [2.24, 2.45) is 0 Å². The molecule has 0 aliphatic heterocycles. The zero-order valence-electron chi connectivity index (χ0n) is 11.0. The molecular weight excluding hydrogens is 220 g/mol. The van der Waals surface area contributed by atoms with Crippen LogP contribution in [0.4, 0.5) is 0 Å². The standard InChI is InChI=1S/C17H17O/c1-17(2,3)15-11-7-10-14(12-18)16(15)13-8-5-4-6-9-13/h4-11H,1-3H3. The summed E-state index contributed by atoms with van der Waals surface area (Å²) >= 11 is 0. The van der Waals surface area contributed by atoms with Crippen molar-refractivity contribution in [2.75, 3.05) is 0 Å². The van der Waals surface area contributed by atoms with E-state index < -0.39 is 0 Å². The Morgan fingerprint density at radius 3 is 2.11 bits per heavy atom. The molecule has 0 atom stereocenters. The lowest BCUT2D eigenvalue weighted by atomic mass is 9.80. The molecule has 0 amide bonds. The Hall–Kier alpha value is -1.89. The molecule has 1 heteroatoms. The normalized spacial score (nSPS) is 11.3. The predicted octanol–water partition coefficient (Wildman–Crippen LogP) is 4.11. The van der Waals surface area contributed by atoms with Gasteiger partial charge in [0.05, 0.1) is 0 Å². The zero-order chi connectivity index (χ0) is 13.2. The van der Waals surface area contributed by atoms with E-state index in [2.05, 4.69) is 33.1 Å². The Morgan fingerprint density at radius 2 is 1.56 bits per heavy atom. The highest BCUT2D eigenvalue weighted by Gasteiger charge is 2.20. The number of hydrogen-bond acceptors (Lipinski definition) is 1. The molecule has 0 saturated carbocycles. The van der Waals surface area contributed by atoms with Gasteiger partial charge in [-0.3, -0.25) is 4.79 Å². The fourth-order valence-corrected chi connectivity index (χ4v) is 2.18. The maximum atomic E-state index is 11.2. The van der Waals surface area contributed by atoms with E-state index in [9.17, 15) is 4.79 Å². The Labute approximate surface area is 108 Å². The molecule has 0 fully saturated rings. The van der Waals surface area contributed by atoms with Gasteiger partial charge in [0.15, 0.2) is 0 Å². The van der Waals surface area contributed by atoms with E-state index in [1.54, 1.807) is 0 Å². The van der Waals surface area contributed by atoms with E-state index in [4.69, 9.17) is 0 Å². The summed E-state index contributed by atoms with van der Waals surface area (Å²) in [5.74, 6) is 0. The van der Waals surface area contributed by atoms with Crippen LogP contribution in [0.2, 0.25) is 0 Å². The van der Waals surface area contributed by atoms with Crippen LogP contribution in [-0.2, 0) is 10.2 Å². The molecule has 18 heavy (non-hydrogen) atoms. The van der Waals surface area contributed by atoms with E-state index in [-0.39, 0.29) is 5.41 Å². The molecule has 91 valence electrons. The van der Waals surface area contributed by atoms with E-state index in [1.807, 2.05) is 42.5 Å². The number of benzene rings is 2. The Kier molecular flexibility index (Phi) is 3.33. The summed E-state index contributed by atoms with van der Waals surface area (Å²) in [5, 5.41) is 0. The molecule has 1 radical (unpaired) electrons. The third-order valence-corrected chi connectivity index (χ3v) is 3.04. The largest absolute Gasteiger partial charge is 0.285 e. The average Bonchev–Trinajstić information content (AvgIpc) is 2.38. The molecule has 0 aliphatic carbocycles. The van der Waals surface area contributed by atoms with Crippen molar-refractivity contribution in [3.63, 3.8) is 0 Å². The molecule has 0 aromatic heterocycles. The van der Waals surface area contributed by atoms with Gasteiger partial charge in [-0.1, -0.05) is 69.3 Å². The maximum absolute atomic E-state index is 11.2. The van der Waals surface area contributed by atoms with Crippen molar-refractivity contribution in [2.45, 2.75) is 26.2 Å². The first-order valence-corrected chi connectivity index (χ1v) is 6.11. The van der Waals surface area contributed by atoms with Gasteiger partial charge in [0.2, 0.25) is 6.29 Å². The number of carbonyl (C=O) groups excluding carboxylic acids is 1. The summed E-state index contributed by atoms with van der Waals surface area (Å²) in [7, 11) is 0. The minimum atomic E-state index is -0.00195. The third-order valence-electron chi connectivity index (χ3n) is 3.04. The van der Waals surface area contributed by atoms with Crippen LogP contribution in [0.5, 0.6) is 0 Å². The molecule has 2 aromatic carbocycles. The van der Waals surface area contributed by atoms with Gasteiger partial charge in [-0.15, -0.1) is 0 Å². The summed E-state index contributed by atoms with van der Waals surface area (Å²) in [6.45, 7) is 6.47. The lowest BCUT2D eigenvalue weighted by Crippen LogP contribution is -2.13. The first-order chi connectivity index (χ1) is 8.54. The average molecular weight is 237 g/mol. The third kappa shape index (κ3) is 2.35. The van der Waals surface area contributed by atoms with E-state index in [1.165, 1.54) is 5.56 Å². The molecule has 1 nitrogen and oxygen atoms in total. The molecule has 2 rings (SSSR count). The summed E-state index contributed by atoms with van der Waals surface area (Å²) < 4.78 is 0. The minimum Gasteiger partial charge on any atom is -0.285 e. The van der Waals surface area contributed by atoms with Crippen LogP contribution in [0.3, 0.4) is 0 Å². The topological polar surface area (TPSA) is 17.1 Å². The van der Waals surface area contributed by atoms with E-state index >= 15 is 0 Å². The van der Waals surface area contributed by atoms with Crippen LogP contribution in [-0.4, -0.2) is 6.29 Å². The van der Waals surface area contributed by atoms with Crippen molar-refractivity contribution in [1.29, 1.82) is 0 Å². The molecule has 0 aliphatic rings. The summed E-state index contributed by atoms with van der Waals surface area (Å²) in [5.41, 5.74) is 3.88. The predicted molar refractivity (Wildman–Crippen MR) is 75.4 cm³/mol. The van der Waals surface area contributed by atoms with Gasteiger partial charge in [0.1, 0.15) is 0 Å². The lowest BCUT2D eigenvalue weighted by Gasteiger charge is -2.24. The molecule has 0 bridgehead atoms. The van der Waals surface area contributed by atoms with Gasteiger partial charge in [0, 0.05) is 5.56 Å². The van der Waals surface area contributed by atoms with E-state index in [0.717, 1.165) is 11.1 Å². The molecular formula is C17H17O. The maximum Gasteiger partial charge on any atom is 0.234 e. The highest BCUT2D eigenvalue weighted by Crippen LogP contribution is 2.34. The Balaban J connectivity index is 2.74. The second kappa shape index (κ2) is 4.77. The zero-order valence-corrected chi connectivity index (χ0v) is 11.0. The van der Waals surface area contributed by atoms with Crippen molar-refractivity contribution in [3.8, 4) is 11.1 Å². The fourth-order valence-electron chi connectivity index (χ4n) is 2.18. The minimum absolute atomic E-state index is 0.00195. The summed E-state index contributed by atoms with van der Waals surface area (Å²) in [6, 6.07) is 15.9. The van der Waals surface area contributed by atoms with E-state index in [0.29, 0.717) is 5.56 Å². The first-order valence-electron chi connectivity index (χ1n) is 6.11.